The second-order valence-corrected chi connectivity index (χ2v) is 5.49. The van der Waals surface area contributed by atoms with Crippen molar-refractivity contribution in [3.63, 3.8) is 0 Å². The van der Waals surface area contributed by atoms with Crippen LogP contribution in [0.5, 0.6) is 5.75 Å². The first-order valence-electron chi connectivity index (χ1n) is 6.74. The lowest BCUT2D eigenvalue weighted by Crippen LogP contribution is -2.11. The molecule has 2 nitrogen and oxygen atoms in total. The van der Waals surface area contributed by atoms with Crippen molar-refractivity contribution in [1.29, 1.82) is 0 Å². The molecule has 1 atom stereocenters. The molecule has 0 saturated heterocycles. The minimum atomic E-state index is 0.00880. The summed E-state index contributed by atoms with van der Waals surface area (Å²) in [5, 5.41) is 0.750. The Hall–Kier alpha value is -1.51. The van der Waals surface area contributed by atoms with Crippen molar-refractivity contribution >= 4 is 11.6 Å². The highest BCUT2D eigenvalue weighted by atomic mass is 35.5. The number of benzene rings is 2. The molecular weight excluding hydrogens is 270 g/mol. The van der Waals surface area contributed by atoms with Crippen molar-refractivity contribution in [2.45, 2.75) is 25.8 Å². The zero-order valence-corrected chi connectivity index (χ0v) is 12.7. The molecule has 20 heavy (non-hydrogen) atoms. The van der Waals surface area contributed by atoms with Crippen molar-refractivity contribution in [3.8, 4) is 5.75 Å². The second-order valence-electron chi connectivity index (χ2n) is 5.06. The van der Waals surface area contributed by atoms with Gasteiger partial charge in [-0.3, -0.25) is 0 Å². The van der Waals surface area contributed by atoms with Gasteiger partial charge in [0.1, 0.15) is 5.75 Å². The van der Waals surface area contributed by atoms with Gasteiger partial charge in [-0.25, -0.2) is 0 Å². The van der Waals surface area contributed by atoms with E-state index in [0.717, 1.165) is 34.7 Å². The summed E-state index contributed by atoms with van der Waals surface area (Å²) in [6.45, 7) is 2.03. The lowest BCUT2D eigenvalue weighted by Gasteiger charge is -2.13. The van der Waals surface area contributed by atoms with E-state index in [9.17, 15) is 0 Å². The molecule has 0 spiro atoms. The standard InChI is InChI=1S/C17H20ClNO/c1-12-9-14(11-15(18)10-12)17(19)8-5-13-3-6-16(20-2)7-4-13/h3-4,6-7,9-11,17H,5,8,19H2,1-2H3. The third kappa shape index (κ3) is 3.99. The first-order chi connectivity index (χ1) is 9.58. The summed E-state index contributed by atoms with van der Waals surface area (Å²) in [4.78, 5) is 0. The predicted octanol–water partition coefficient (Wildman–Crippen LogP) is 4.29. The Morgan fingerprint density at radius 3 is 2.45 bits per heavy atom. The molecule has 2 aromatic rings. The molecule has 106 valence electrons. The SMILES string of the molecule is COc1ccc(CCC(N)c2cc(C)cc(Cl)c2)cc1. The monoisotopic (exact) mass is 289 g/mol. The van der Waals surface area contributed by atoms with Crippen LogP contribution in [0.2, 0.25) is 5.02 Å². The summed E-state index contributed by atoms with van der Waals surface area (Å²) in [6, 6.07) is 14.1. The Balaban J connectivity index is 1.98. The summed E-state index contributed by atoms with van der Waals surface area (Å²) in [5.41, 5.74) is 9.76. The highest BCUT2D eigenvalue weighted by molar-refractivity contribution is 6.30. The maximum absolute atomic E-state index is 6.25. The summed E-state index contributed by atoms with van der Waals surface area (Å²) < 4.78 is 5.15. The van der Waals surface area contributed by atoms with Gasteiger partial charge < -0.3 is 10.5 Å². The Labute approximate surface area is 125 Å². The minimum Gasteiger partial charge on any atom is -0.497 e. The highest BCUT2D eigenvalue weighted by Gasteiger charge is 2.08. The van der Waals surface area contributed by atoms with E-state index in [4.69, 9.17) is 22.1 Å². The topological polar surface area (TPSA) is 35.2 Å². The fourth-order valence-corrected chi connectivity index (χ4v) is 2.56. The lowest BCUT2D eigenvalue weighted by atomic mass is 9.98. The van der Waals surface area contributed by atoms with Crippen LogP contribution in [0.4, 0.5) is 0 Å². The van der Waals surface area contributed by atoms with E-state index in [1.54, 1.807) is 7.11 Å². The molecule has 2 rings (SSSR count). The van der Waals surface area contributed by atoms with Gasteiger partial charge in [0.05, 0.1) is 7.11 Å². The molecule has 0 heterocycles. The molecule has 0 aromatic heterocycles. The molecule has 0 radical (unpaired) electrons. The van der Waals surface area contributed by atoms with Gasteiger partial charge in [-0.1, -0.05) is 29.8 Å². The number of ether oxygens (including phenoxy) is 1. The fraction of sp³-hybridized carbons (Fsp3) is 0.294. The van der Waals surface area contributed by atoms with E-state index in [0.29, 0.717) is 0 Å². The maximum Gasteiger partial charge on any atom is 0.118 e. The quantitative estimate of drug-likeness (QED) is 0.891. The van der Waals surface area contributed by atoms with E-state index in [1.807, 2.05) is 31.2 Å². The molecule has 0 bridgehead atoms. The lowest BCUT2D eigenvalue weighted by molar-refractivity contribution is 0.414. The summed E-state index contributed by atoms with van der Waals surface area (Å²) in [5.74, 6) is 0.878. The zero-order chi connectivity index (χ0) is 14.5. The second kappa shape index (κ2) is 6.78. The number of hydrogen-bond acceptors (Lipinski definition) is 2. The molecule has 0 aliphatic rings. The van der Waals surface area contributed by atoms with Crippen molar-refractivity contribution in [1.82, 2.24) is 0 Å². The maximum atomic E-state index is 6.25. The van der Waals surface area contributed by atoms with Gasteiger partial charge in [-0.15, -0.1) is 0 Å². The Bertz CT molecular complexity index is 545. The summed E-state index contributed by atoms with van der Waals surface area (Å²) in [7, 11) is 1.67. The van der Waals surface area contributed by atoms with Crippen LogP contribution in [0.25, 0.3) is 0 Å². The van der Waals surface area contributed by atoms with E-state index in [2.05, 4.69) is 18.2 Å². The average molecular weight is 290 g/mol. The number of rotatable bonds is 5. The van der Waals surface area contributed by atoms with E-state index in [-0.39, 0.29) is 6.04 Å². The van der Waals surface area contributed by atoms with Crippen LogP contribution in [0, 0.1) is 6.92 Å². The van der Waals surface area contributed by atoms with Crippen LogP contribution in [0.3, 0.4) is 0 Å². The van der Waals surface area contributed by atoms with Crippen LogP contribution in [-0.4, -0.2) is 7.11 Å². The molecule has 0 saturated carbocycles. The van der Waals surface area contributed by atoms with E-state index >= 15 is 0 Å². The van der Waals surface area contributed by atoms with Crippen LogP contribution >= 0.6 is 11.6 Å². The number of nitrogens with two attached hydrogens (primary N) is 1. The van der Waals surface area contributed by atoms with Crippen LogP contribution in [0.15, 0.2) is 42.5 Å². The van der Waals surface area contributed by atoms with E-state index in [1.165, 1.54) is 5.56 Å². The molecule has 0 aliphatic carbocycles. The summed E-state index contributed by atoms with van der Waals surface area (Å²) >= 11 is 6.08. The predicted molar refractivity (Wildman–Crippen MR) is 84.4 cm³/mol. The van der Waals surface area contributed by atoms with Gasteiger partial charge in [-0.05, 0) is 60.7 Å². The Kier molecular flexibility index (Phi) is 5.05. The van der Waals surface area contributed by atoms with Crippen LogP contribution in [0.1, 0.15) is 29.2 Å². The molecule has 2 aromatic carbocycles. The first-order valence-corrected chi connectivity index (χ1v) is 7.12. The fourth-order valence-electron chi connectivity index (χ4n) is 2.26. The zero-order valence-electron chi connectivity index (χ0n) is 11.9. The van der Waals surface area contributed by atoms with Gasteiger partial charge in [0.2, 0.25) is 0 Å². The molecule has 2 N–H and O–H groups in total. The number of hydrogen-bond donors (Lipinski definition) is 1. The van der Waals surface area contributed by atoms with Gasteiger partial charge >= 0.3 is 0 Å². The van der Waals surface area contributed by atoms with E-state index < -0.39 is 0 Å². The normalized spacial score (nSPS) is 12.2. The highest BCUT2D eigenvalue weighted by Crippen LogP contribution is 2.22. The smallest absolute Gasteiger partial charge is 0.118 e. The molecule has 3 heteroatoms. The minimum absolute atomic E-state index is 0.00880. The number of halogens is 1. The van der Waals surface area contributed by atoms with Gasteiger partial charge in [0.25, 0.3) is 0 Å². The van der Waals surface area contributed by atoms with Crippen molar-refractivity contribution < 1.29 is 4.74 Å². The van der Waals surface area contributed by atoms with Crippen LogP contribution in [-0.2, 0) is 6.42 Å². The third-order valence-electron chi connectivity index (χ3n) is 3.40. The third-order valence-corrected chi connectivity index (χ3v) is 3.61. The van der Waals surface area contributed by atoms with Crippen molar-refractivity contribution in [2.24, 2.45) is 5.73 Å². The van der Waals surface area contributed by atoms with Crippen LogP contribution < -0.4 is 10.5 Å². The number of methoxy groups -OCH3 is 1. The Morgan fingerprint density at radius 2 is 1.85 bits per heavy atom. The molecule has 1 unspecified atom stereocenters. The largest absolute Gasteiger partial charge is 0.497 e. The first kappa shape index (κ1) is 14.9. The van der Waals surface area contributed by atoms with Gasteiger partial charge in [-0.2, -0.15) is 0 Å². The molecular formula is C17H20ClNO. The summed E-state index contributed by atoms with van der Waals surface area (Å²) in [6.07, 6.45) is 1.84. The average Bonchev–Trinajstić information content (AvgIpc) is 2.44. The van der Waals surface area contributed by atoms with Gasteiger partial charge in [0, 0.05) is 11.1 Å². The van der Waals surface area contributed by atoms with Gasteiger partial charge in [0.15, 0.2) is 0 Å². The Morgan fingerprint density at radius 1 is 1.15 bits per heavy atom. The number of aryl methyl sites for hydroxylation is 2. The molecule has 0 aliphatic heterocycles. The molecule has 0 amide bonds. The molecule has 0 fully saturated rings. The van der Waals surface area contributed by atoms with Crippen molar-refractivity contribution in [3.05, 3.63) is 64.2 Å². The van der Waals surface area contributed by atoms with Crippen molar-refractivity contribution in [2.75, 3.05) is 7.11 Å².